The molecular weight excluding hydrogens is 174 g/mol. The Labute approximate surface area is 86.0 Å². The first-order valence-corrected chi connectivity index (χ1v) is 5.25. The Balaban J connectivity index is 2.40. The summed E-state index contributed by atoms with van der Waals surface area (Å²) in [6, 6.07) is 10.5. The van der Waals surface area contributed by atoms with Gasteiger partial charge in [-0.25, -0.2) is 0 Å². The van der Waals surface area contributed by atoms with Gasteiger partial charge in [0, 0.05) is 6.04 Å². The fourth-order valence-electron chi connectivity index (χ4n) is 1.45. The van der Waals surface area contributed by atoms with Gasteiger partial charge in [0.1, 0.15) is 0 Å². The van der Waals surface area contributed by atoms with Crippen LogP contribution in [0.1, 0.15) is 18.9 Å². The number of benzene rings is 1. The highest BCUT2D eigenvalue weighted by Gasteiger charge is 2.05. The van der Waals surface area contributed by atoms with Crippen molar-refractivity contribution in [3.05, 3.63) is 35.9 Å². The second-order valence-corrected chi connectivity index (χ2v) is 3.52. The van der Waals surface area contributed by atoms with Crippen molar-refractivity contribution in [3.8, 4) is 0 Å². The summed E-state index contributed by atoms with van der Waals surface area (Å²) in [6.07, 6.45) is 2.00. The molecule has 2 N–H and O–H groups in total. The monoisotopic (exact) mass is 193 g/mol. The molecule has 0 fully saturated rings. The third-order valence-electron chi connectivity index (χ3n) is 2.23. The lowest BCUT2D eigenvalue weighted by atomic mass is 10.1. The van der Waals surface area contributed by atoms with Gasteiger partial charge in [0.15, 0.2) is 0 Å². The Hall–Kier alpha value is -0.860. The van der Waals surface area contributed by atoms with E-state index in [1.165, 1.54) is 5.56 Å². The Kier molecular flexibility index (Phi) is 5.27. The lowest BCUT2D eigenvalue weighted by Crippen LogP contribution is -2.34. The van der Waals surface area contributed by atoms with Crippen LogP contribution in [0.2, 0.25) is 0 Å². The van der Waals surface area contributed by atoms with Gasteiger partial charge in [0.2, 0.25) is 0 Å². The molecule has 2 nitrogen and oxygen atoms in total. The van der Waals surface area contributed by atoms with Crippen LogP contribution in [-0.2, 0) is 6.42 Å². The molecule has 0 saturated carbocycles. The van der Waals surface area contributed by atoms with E-state index in [9.17, 15) is 0 Å². The molecule has 1 aromatic rings. The molecule has 78 valence electrons. The van der Waals surface area contributed by atoms with Crippen LogP contribution in [0.4, 0.5) is 0 Å². The molecule has 1 atom stereocenters. The van der Waals surface area contributed by atoms with Crippen LogP contribution in [0.25, 0.3) is 0 Å². The molecule has 0 aliphatic heterocycles. The second-order valence-electron chi connectivity index (χ2n) is 3.52. The number of aliphatic hydroxyl groups is 1. The summed E-state index contributed by atoms with van der Waals surface area (Å²) in [7, 11) is 0. The van der Waals surface area contributed by atoms with Crippen molar-refractivity contribution in [1.82, 2.24) is 5.32 Å². The molecule has 0 unspecified atom stereocenters. The molecular formula is C12H19NO. The lowest BCUT2D eigenvalue weighted by Gasteiger charge is -2.15. The molecule has 0 amide bonds. The van der Waals surface area contributed by atoms with Crippen LogP contribution < -0.4 is 5.32 Å². The van der Waals surface area contributed by atoms with Crippen molar-refractivity contribution in [3.63, 3.8) is 0 Å². The van der Waals surface area contributed by atoms with Crippen LogP contribution in [0.5, 0.6) is 0 Å². The van der Waals surface area contributed by atoms with E-state index < -0.39 is 0 Å². The maximum atomic E-state index is 9.15. The van der Waals surface area contributed by atoms with Gasteiger partial charge >= 0.3 is 0 Å². The Morgan fingerprint density at radius 1 is 1.29 bits per heavy atom. The molecule has 0 bridgehead atoms. The maximum absolute atomic E-state index is 9.15. The van der Waals surface area contributed by atoms with E-state index in [1.54, 1.807) is 0 Å². The van der Waals surface area contributed by atoms with E-state index in [4.69, 9.17) is 5.11 Å². The predicted octanol–water partition coefficient (Wildman–Crippen LogP) is 1.59. The Morgan fingerprint density at radius 2 is 2.00 bits per heavy atom. The van der Waals surface area contributed by atoms with Crippen LogP contribution in [0, 0.1) is 0 Å². The zero-order valence-corrected chi connectivity index (χ0v) is 8.74. The van der Waals surface area contributed by atoms with Crippen LogP contribution in [0.3, 0.4) is 0 Å². The SMILES string of the molecule is CCCN[C@H](CO)Cc1ccccc1. The first kappa shape index (κ1) is 11.2. The molecule has 14 heavy (non-hydrogen) atoms. The molecule has 0 radical (unpaired) electrons. The fourth-order valence-corrected chi connectivity index (χ4v) is 1.45. The quantitative estimate of drug-likeness (QED) is 0.719. The van der Waals surface area contributed by atoms with Crippen LogP contribution in [-0.4, -0.2) is 24.3 Å². The number of hydrogen-bond acceptors (Lipinski definition) is 2. The van der Waals surface area contributed by atoms with Gasteiger partial charge in [-0.2, -0.15) is 0 Å². The highest BCUT2D eigenvalue weighted by molar-refractivity contribution is 5.15. The molecule has 1 aromatic carbocycles. The van der Waals surface area contributed by atoms with Crippen molar-refractivity contribution in [1.29, 1.82) is 0 Å². The van der Waals surface area contributed by atoms with E-state index >= 15 is 0 Å². The zero-order valence-electron chi connectivity index (χ0n) is 8.74. The van der Waals surface area contributed by atoms with Crippen molar-refractivity contribution in [2.45, 2.75) is 25.8 Å². The van der Waals surface area contributed by atoms with E-state index in [2.05, 4.69) is 24.4 Å². The first-order chi connectivity index (χ1) is 6.86. The highest BCUT2D eigenvalue weighted by atomic mass is 16.3. The lowest BCUT2D eigenvalue weighted by molar-refractivity contribution is 0.242. The predicted molar refractivity (Wildman–Crippen MR) is 59.3 cm³/mol. The van der Waals surface area contributed by atoms with Gasteiger partial charge in [-0.3, -0.25) is 0 Å². The summed E-state index contributed by atoms with van der Waals surface area (Å²) in [5, 5.41) is 12.5. The van der Waals surface area contributed by atoms with Gasteiger partial charge in [-0.1, -0.05) is 37.3 Å². The Morgan fingerprint density at radius 3 is 2.57 bits per heavy atom. The van der Waals surface area contributed by atoms with Crippen LogP contribution >= 0.6 is 0 Å². The van der Waals surface area contributed by atoms with Crippen molar-refractivity contribution in [2.75, 3.05) is 13.2 Å². The zero-order chi connectivity index (χ0) is 10.2. The number of aliphatic hydroxyl groups excluding tert-OH is 1. The van der Waals surface area contributed by atoms with E-state index in [1.807, 2.05) is 18.2 Å². The maximum Gasteiger partial charge on any atom is 0.0587 e. The second kappa shape index (κ2) is 6.57. The molecule has 2 heteroatoms. The van der Waals surface area contributed by atoms with Gasteiger partial charge in [0.25, 0.3) is 0 Å². The van der Waals surface area contributed by atoms with Crippen molar-refractivity contribution < 1.29 is 5.11 Å². The normalized spacial score (nSPS) is 12.7. The summed E-state index contributed by atoms with van der Waals surface area (Å²) in [6.45, 7) is 3.30. The number of nitrogens with one attached hydrogen (secondary N) is 1. The van der Waals surface area contributed by atoms with E-state index in [0.29, 0.717) is 0 Å². The largest absolute Gasteiger partial charge is 0.395 e. The summed E-state index contributed by atoms with van der Waals surface area (Å²) in [5.74, 6) is 0. The number of rotatable bonds is 6. The average Bonchev–Trinajstić information content (AvgIpc) is 2.25. The molecule has 0 saturated heterocycles. The Bertz CT molecular complexity index is 235. The minimum Gasteiger partial charge on any atom is -0.395 e. The summed E-state index contributed by atoms with van der Waals surface area (Å²) in [5.41, 5.74) is 1.27. The minimum atomic E-state index is 0.192. The average molecular weight is 193 g/mol. The fraction of sp³-hybridized carbons (Fsp3) is 0.500. The van der Waals surface area contributed by atoms with Crippen molar-refractivity contribution in [2.24, 2.45) is 0 Å². The van der Waals surface area contributed by atoms with Crippen molar-refractivity contribution >= 4 is 0 Å². The summed E-state index contributed by atoms with van der Waals surface area (Å²) < 4.78 is 0. The van der Waals surface area contributed by atoms with E-state index in [-0.39, 0.29) is 12.6 Å². The minimum absolute atomic E-state index is 0.192. The van der Waals surface area contributed by atoms with E-state index in [0.717, 1.165) is 19.4 Å². The van der Waals surface area contributed by atoms with Gasteiger partial charge in [-0.15, -0.1) is 0 Å². The highest BCUT2D eigenvalue weighted by Crippen LogP contribution is 2.02. The molecule has 0 spiro atoms. The summed E-state index contributed by atoms with van der Waals surface area (Å²) in [4.78, 5) is 0. The van der Waals surface area contributed by atoms with Gasteiger partial charge < -0.3 is 10.4 Å². The van der Waals surface area contributed by atoms with Gasteiger partial charge in [-0.05, 0) is 24.9 Å². The number of hydrogen-bond donors (Lipinski definition) is 2. The molecule has 1 rings (SSSR count). The smallest absolute Gasteiger partial charge is 0.0587 e. The first-order valence-electron chi connectivity index (χ1n) is 5.25. The molecule has 0 aliphatic carbocycles. The summed E-state index contributed by atoms with van der Waals surface area (Å²) >= 11 is 0. The standard InChI is InChI=1S/C12H19NO/c1-2-8-13-12(10-14)9-11-6-4-3-5-7-11/h3-7,12-14H,2,8-10H2,1H3/t12-/m0/s1. The molecule has 0 heterocycles. The third-order valence-corrected chi connectivity index (χ3v) is 2.23. The van der Waals surface area contributed by atoms with Gasteiger partial charge in [0.05, 0.1) is 6.61 Å². The molecule has 0 aromatic heterocycles. The third kappa shape index (κ3) is 3.90. The molecule has 0 aliphatic rings. The van der Waals surface area contributed by atoms with Crippen LogP contribution in [0.15, 0.2) is 30.3 Å². The topological polar surface area (TPSA) is 32.3 Å².